The fraction of sp³-hybridized carbons (Fsp3) is 0.148. The van der Waals surface area contributed by atoms with Crippen LogP contribution in [0.1, 0.15) is 22.3 Å². The van der Waals surface area contributed by atoms with E-state index in [0.717, 1.165) is 37.8 Å². The lowest BCUT2D eigenvalue weighted by Crippen LogP contribution is -2.36. The number of aryl methyl sites for hydroxylation is 2. The van der Waals surface area contributed by atoms with Gasteiger partial charge in [0.25, 0.3) is 11.1 Å². The van der Waals surface area contributed by atoms with Crippen LogP contribution in [0.3, 0.4) is 0 Å². The lowest BCUT2D eigenvalue weighted by Gasteiger charge is -2.14. The first-order chi connectivity index (χ1) is 17.2. The predicted molar refractivity (Wildman–Crippen MR) is 142 cm³/mol. The molecule has 1 saturated heterocycles. The maximum absolute atomic E-state index is 13.2. The summed E-state index contributed by atoms with van der Waals surface area (Å²) in [6.45, 7) is 3.59. The topological polar surface area (TPSA) is 75.7 Å². The number of anilines is 1. The van der Waals surface area contributed by atoms with Crippen LogP contribution in [0.25, 0.3) is 6.08 Å². The van der Waals surface area contributed by atoms with Crippen molar-refractivity contribution < 1.29 is 23.5 Å². The van der Waals surface area contributed by atoms with E-state index >= 15 is 0 Å². The summed E-state index contributed by atoms with van der Waals surface area (Å²) in [7, 11) is 0. The van der Waals surface area contributed by atoms with E-state index in [2.05, 4.69) is 21.2 Å². The molecule has 1 N–H and O–H groups in total. The largest absolute Gasteiger partial charge is 0.488 e. The average Bonchev–Trinajstić information content (AvgIpc) is 3.09. The number of imide groups is 1. The second kappa shape index (κ2) is 11.1. The van der Waals surface area contributed by atoms with Gasteiger partial charge in [0.15, 0.2) is 0 Å². The van der Waals surface area contributed by atoms with E-state index in [1.807, 2.05) is 32.0 Å². The summed E-state index contributed by atoms with van der Waals surface area (Å²) < 4.78 is 19.8. The van der Waals surface area contributed by atoms with Crippen molar-refractivity contribution in [3.63, 3.8) is 0 Å². The lowest BCUT2D eigenvalue weighted by atomic mass is 10.1. The average molecular weight is 569 g/mol. The number of rotatable bonds is 7. The highest BCUT2D eigenvalue weighted by atomic mass is 79.9. The summed E-state index contributed by atoms with van der Waals surface area (Å²) in [4.78, 5) is 39.2. The number of nitrogens with one attached hydrogen (secondary N) is 1. The summed E-state index contributed by atoms with van der Waals surface area (Å²) >= 11 is 4.18. The maximum Gasteiger partial charge on any atom is 0.294 e. The fourth-order valence-corrected chi connectivity index (χ4v) is 4.69. The molecule has 0 atom stereocenters. The molecule has 184 valence electrons. The molecular weight excluding hydrogens is 547 g/mol. The van der Waals surface area contributed by atoms with Gasteiger partial charge in [0, 0.05) is 15.7 Å². The van der Waals surface area contributed by atoms with Gasteiger partial charge in [0.2, 0.25) is 5.91 Å². The molecule has 0 unspecified atom stereocenters. The Bertz CT molecular complexity index is 1370. The van der Waals surface area contributed by atoms with Crippen LogP contribution in [0.4, 0.5) is 14.9 Å². The number of hydrogen-bond acceptors (Lipinski definition) is 5. The van der Waals surface area contributed by atoms with E-state index in [-0.39, 0.29) is 23.9 Å². The van der Waals surface area contributed by atoms with Crippen molar-refractivity contribution in [2.24, 2.45) is 0 Å². The second-order valence-electron chi connectivity index (χ2n) is 8.23. The number of ether oxygens (including phenoxy) is 1. The molecule has 0 bridgehead atoms. The summed E-state index contributed by atoms with van der Waals surface area (Å²) in [6.07, 6.45) is 1.57. The molecule has 3 amide bonds. The molecule has 0 spiro atoms. The van der Waals surface area contributed by atoms with Crippen LogP contribution < -0.4 is 10.1 Å². The molecule has 0 radical (unpaired) electrons. The van der Waals surface area contributed by atoms with E-state index < -0.39 is 17.1 Å². The predicted octanol–water partition coefficient (Wildman–Crippen LogP) is 6.46. The SMILES string of the molecule is Cc1ccc(C)c(NC(=O)CN2C(=O)S/C(=C\c3cc(Br)ccc3OCc3ccc(F)cc3)C2=O)c1. The third kappa shape index (κ3) is 6.22. The Hall–Kier alpha value is -3.43. The molecule has 4 rings (SSSR count). The Morgan fingerprint density at radius 1 is 1.08 bits per heavy atom. The van der Waals surface area contributed by atoms with Crippen LogP contribution in [0.5, 0.6) is 5.75 Å². The number of carbonyl (C=O) groups excluding carboxylic acids is 3. The van der Waals surface area contributed by atoms with Crippen molar-refractivity contribution in [1.82, 2.24) is 4.90 Å². The third-order valence-corrected chi connectivity index (χ3v) is 6.81. The Kier molecular flexibility index (Phi) is 7.91. The van der Waals surface area contributed by atoms with Crippen molar-refractivity contribution in [3.8, 4) is 5.75 Å². The van der Waals surface area contributed by atoms with Gasteiger partial charge in [-0.1, -0.05) is 40.2 Å². The Balaban J connectivity index is 1.48. The normalized spacial score (nSPS) is 14.4. The third-order valence-electron chi connectivity index (χ3n) is 5.41. The first kappa shape index (κ1) is 25.7. The van der Waals surface area contributed by atoms with Gasteiger partial charge in [-0.15, -0.1) is 0 Å². The number of carbonyl (C=O) groups is 3. The molecule has 0 aliphatic carbocycles. The van der Waals surface area contributed by atoms with Gasteiger partial charge >= 0.3 is 0 Å². The number of benzene rings is 3. The standard InChI is InChI=1S/C27H22BrFN2O4S/c1-16-3-4-17(2)22(11-16)30-25(32)14-31-26(33)24(36-27(31)34)13-19-12-20(28)7-10-23(19)35-15-18-5-8-21(29)9-6-18/h3-13H,14-15H2,1-2H3,(H,30,32)/b24-13-. The minimum Gasteiger partial charge on any atom is -0.488 e. The summed E-state index contributed by atoms with van der Waals surface area (Å²) in [5.41, 5.74) is 3.86. The number of hydrogen-bond donors (Lipinski definition) is 1. The molecule has 6 nitrogen and oxygen atoms in total. The van der Waals surface area contributed by atoms with Crippen molar-refractivity contribution in [3.05, 3.63) is 98.1 Å². The molecule has 36 heavy (non-hydrogen) atoms. The highest BCUT2D eigenvalue weighted by Crippen LogP contribution is 2.35. The van der Waals surface area contributed by atoms with Gasteiger partial charge in [-0.25, -0.2) is 4.39 Å². The smallest absolute Gasteiger partial charge is 0.294 e. The molecule has 1 aliphatic rings. The summed E-state index contributed by atoms with van der Waals surface area (Å²) in [5, 5.41) is 2.25. The lowest BCUT2D eigenvalue weighted by molar-refractivity contribution is -0.127. The highest BCUT2D eigenvalue weighted by molar-refractivity contribution is 9.10. The van der Waals surface area contributed by atoms with E-state index in [1.165, 1.54) is 12.1 Å². The summed E-state index contributed by atoms with van der Waals surface area (Å²) in [5.74, 6) is -0.855. The van der Waals surface area contributed by atoms with Crippen molar-refractivity contribution in [2.45, 2.75) is 20.5 Å². The number of nitrogens with zero attached hydrogens (tertiary/aromatic N) is 1. The van der Waals surface area contributed by atoms with Crippen molar-refractivity contribution in [1.29, 1.82) is 0 Å². The molecule has 3 aromatic carbocycles. The zero-order valence-corrected chi connectivity index (χ0v) is 21.9. The van der Waals surface area contributed by atoms with E-state index in [1.54, 1.807) is 36.4 Å². The first-order valence-electron chi connectivity index (χ1n) is 11.0. The molecule has 9 heteroatoms. The van der Waals surface area contributed by atoms with Crippen LogP contribution in [0.15, 0.2) is 70.0 Å². The second-order valence-corrected chi connectivity index (χ2v) is 10.1. The zero-order valence-electron chi connectivity index (χ0n) is 19.5. The van der Waals surface area contributed by atoms with Gasteiger partial charge in [-0.05, 0) is 84.8 Å². The van der Waals surface area contributed by atoms with Crippen LogP contribution in [-0.4, -0.2) is 28.5 Å². The monoisotopic (exact) mass is 568 g/mol. The molecule has 0 saturated carbocycles. The maximum atomic E-state index is 13.2. The Labute approximate surface area is 220 Å². The first-order valence-corrected chi connectivity index (χ1v) is 12.6. The van der Waals surface area contributed by atoms with E-state index in [4.69, 9.17) is 4.74 Å². The molecule has 3 aromatic rings. The summed E-state index contributed by atoms with van der Waals surface area (Å²) in [6, 6.07) is 16.9. The minimum absolute atomic E-state index is 0.185. The van der Waals surface area contributed by atoms with Crippen LogP contribution >= 0.6 is 27.7 Å². The highest BCUT2D eigenvalue weighted by Gasteiger charge is 2.36. The fourth-order valence-electron chi connectivity index (χ4n) is 3.49. The van der Waals surface area contributed by atoms with Gasteiger partial charge in [0.05, 0.1) is 4.91 Å². The quantitative estimate of drug-likeness (QED) is 0.331. The minimum atomic E-state index is -0.550. The van der Waals surface area contributed by atoms with Gasteiger partial charge in [0.1, 0.15) is 24.7 Å². The van der Waals surface area contributed by atoms with Crippen LogP contribution in [-0.2, 0) is 16.2 Å². The van der Waals surface area contributed by atoms with Gasteiger partial charge in [-0.3, -0.25) is 19.3 Å². The molecule has 1 aliphatic heterocycles. The number of amides is 3. The molecule has 0 aromatic heterocycles. The van der Waals surface area contributed by atoms with Crippen molar-refractivity contribution in [2.75, 3.05) is 11.9 Å². The van der Waals surface area contributed by atoms with Crippen molar-refractivity contribution >= 4 is 56.5 Å². The number of halogens is 2. The molecule has 1 heterocycles. The van der Waals surface area contributed by atoms with E-state index in [0.29, 0.717) is 17.0 Å². The van der Waals surface area contributed by atoms with Gasteiger partial charge in [-0.2, -0.15) is 0 Å². The number of thioether (sulfide) groups is 1. The molecule has 1 fully saturated rings. The Morgan fingerprint density at radius 3 is 2.58 bits per heavy atom. The van der Waals surface area contributed by atoms with Crippen LogP contribution in [0.2, 0.25) is 0 Å². The zero-order chi connectivity index (χ0) is 25.8. The van der Waals surface area contributed by atoms with E-state index in [9.17, 15) is 18.8 Å². The molecular formula is C27H22BrFN2O4S. The Morgan fingerprint density at radius 2 is 1.83 bits per heavy atom. The van der Waals surface area contributed by atoms with Crippen LogP contribution in [0, 0.1) is 19.7 Å². The van der Waals surface area contributed by atoms with Gasteiger partial charge < -0.3 is 10.1 Å².